The molecule has 1 aromatic rings. The Labute approximate surface area is 137 Å². The summed E-state index contributed by atoms with van der Waals surface area (Å²) in [5.41, 5.74) is 0.566. The summed E-state index contributed by atoms with van der Waals surface area (Å²) in [7, 11) is 0. The van der Waals surface area contributed by atoms with E-state index in [0.29, 0.717) is 36.1 Å². The Morgan fingerprint density at radius 1 is 1.35 bits per heavy atom. The molecule has 2 rings (SSSR count). The number of hydrogen-bond acceptors (Lipinski definition) is 4. The Balaban J connectivity index is 2.72. The molecule has 0 saturated carbocycles. The number of nitrogens with one attached hydrogen (secondary N) is 1. The lowest BCUT2D eigenvalue weighted by Crippen LogP contribution is -2.50. The molecule has 23 heavy (non-hydrogen) atoms. The number of fused-ring (bicyclic) bond motifs is 1. The summed E-state index contributed by atoms with van der Waals surface area (Å²) in [4.78, 5) is 31.2. The molecule has 1 aliphatic rings. The minimum absolute atomic E-state index is 0.0891. The van der Waals surface area contributed by atoms with Crippen LogP contribution in [0.4, 0.5) is 0 Å². The molecule has 126 valence electrons. The van der Waals surface area contributed by atoms with E-state index in [1.807, 2.05) is 23.3 Å². The summed E-state index contributed by atoms with van der Waals surface area (Å²) in [6.45, 7) is 14.6. The van der Waals surface area contributed by atoms with Crippen LogP contribution in [0.15, 0.2) is 17.6 Å². The summed E-state index contributed by atoms with van der Waals surface area (Å²) in [6, 6.07) is 0.188. The van der Waals surface area contributed by atoms with E-state index >= 15 is 0 Å². The van der Waals surface area contributed by atoms with Crippen molar-refractivity contribution in [2.45, 2.75) is 53.2 Å². The third-order valence-electron chi connectivity index (χ3n) is 4.40. The molecule has 1 aliphatic heterocycles. The van der Waals surface area contributed by atoms with E-state index in [0.717, 1.165) is 0 Å². The lowest BCUT2D eigenvalue weighted by molar-refractivity contribution is 0.0565. The zero-order chi connectivity index (χ0) is 17.3. The summed E-state index contributed by atoms with van der Waals surface area (Å²) in [5.74, 6) is 0.814. The fraction of sp³-hybridized carbons (Fsp3) is 0.588. The molecule has 0 spiro atoms. The predicted octanol–water partition coefficient (Wildman–Crippen LogP) is 1.85. The van der Waals surface area contributed by atoms with E-state index in [9.17, 15) is 9.59 Å². The van der Waals surface area contributed by atoms with Gasteiger partial charge in [-0.25, -0.2) is 0 Å². The van der Waals surface area contributed by atoms with E-state index in [4.69, 9.17) is 0 Å². The maximum atomic E-state index is 12.9. The van der Waals surface area contributed by atoms with Crippen molar-refractivity contribution in [3.05, 3.63) is 40.2 Å². The second kappa shape index (κ2) is 6.56. The van der Waals surface area contributed by atoms with Crippen molar-refractivity contribution < 1.29 is 4.79 Å². The molecule has 1 amide bonds. The first kappa shape index (κ1) is 17.2. The number of hydrogen-bond donors (Lipinski definition) is 1. The van der Waals surface area contributed by atoms with Crippen LogP contribution in [0.1, 0.15) is 55.6 Å². The van der Waals surface area contributed by atoms with Crippen LogP contribution in [0.2, 0.25) is 0 Å². The van der Waals surface area contributed by atoms with Crippen LogP contribution in [-0.2, 0) is 6.54 Å². The summed E-state index contributed by atoms with van der Waals surface area (Å²) < 4.78 is 1.96. The Kier molecular flexibility index (Phi) is 4.92. The Bertz CT molecular complexity index is 676. The molecule has 0 fully saturated rings. The highest BCUT2D eigenvalue weighted by Crippen LogP contribution is 2.30. The SMILES string of the molecule is C=CNCc1nc(=O)c(C)c2n1[C@@H](C(C)C)CN(C(C)C)C2=O. The highest BCUT2D eigenvalue weighted by molar-refractivity contribution is 5.95. The maximum Gasteiger partial charge on any atom is 0.276 e. The molecular weight excluding hydrogens is 292 g/mol. The number of amides is 1. The Morgan fingerprint density at radius 2 is 2.00 bits per heavy atom. The van der Waals surface area contributed by atoms with Gasteiger partial charge in [-0.15, -0.1) is 0 Å². The molecule has 1 atom stereocenters. The lowest BCUT2D eigenvalue weighted by atomic mass is 9.97. The lowest BCUT2D eigenvalue weighted by Gasteiger charge is -2.41. The second-order valence-corrected chi connectivity index (χ2v) is 6.62. The van der Waals surface area contributed by atoms with Crippen LogP contribution in [0.3, 0.4) is 0 Å². The second-order valence-electron chi connectivity index (χ2n) is 6.62. The predicted molar refractivity (Wildman–Crippen MR) is 90.3 cm³/mol. The molecule has 0 bridgehead atoms. The van der Waals surface area contributed by atoms with E-state index in [1.165, 1.54) is 0 Å². The van der Waals surface area contributed by atoms with Crippen LogP contribution < -0.4 is 10.9 Å². The maximum absolute atomic E-state index is 12.9. The zero-order valence-electron chi connectivity index (χ0n) is 14.6. The average Bonchev–Trinajstić information content (AvgIpc) is 2.48. The minimum atomic E-state index is -0.335. The third-order valence-corrected chi connectivity index (χ3v) is 4.40. The van der Waals surface area contributed by atoms with Gasteiger partial charge in [-0.1, -0.05) is 20.4 Å². The molecule has 6 heteroatoms. The van der Waals surface area contributed by atoms with Crippen molar-refractivity contribution >= 4 is 5.91 Å². The summed E-state index contributed by atoms with van der Waals surface area (Å²) in [5, 5.41) is 2.99. The van der Waals surface area contributed by atoms with Gasteiger partial charge in [-0.3, -0.25) is 9.59 Å². The summed E-state index contributed by atoms with van der Waals surface area (Å²) >= 11 is 0. The number of carbonyl (C=O) groups excluding carboxylic acids is 1. The highest BCUT2D eigenvalue weighted by Gasteiger charge is 2.36. The number of rotatable bonds is 5. The van der Waals surface area contributed by atoms with Crippen LogP contribution in [-0.4, -0.2) is 32.9 Å². The van der Waals surface area contributed by atoms with E-state index in [1.54, 1.807) is 13.1 Å². The van der Waals surface area contributed by atoms with Crippen molar-refractivity contribution in [2.24, 2.45) is 5.92 Å². The topological polar surface area (TPSA) is 67.2 Å². The van der Waals surface area contributed by atoms with Crippen molar-refractivity contribution in [3.8, 4) is 0 Å². The molecule has 0 unspecified atom stereocenters. The molecule has 1 N–H and O–H groups in total. The van der Waals surface area contributed by atoms with E-state index in [-0.39, 0.29) is 23.6 Å². The highest BCUT2D eigenvalue weighted by atomic mass is 16.2. The standard InChI is InChI=1S/C17H26N4O2/c1-7-18-8-14-19-16(22)12(6)15-17(23)20(11(4)5)9-13(10(2)3)21(14)15/h7,10-11,13,18H,1,8-9H2,2-6H3/t13-/m1/s1. The van der Waals surface area contributed by atoms with Gasteiger partial charge < -0.3 is 14.8 Å². The van der Waals surface area contributed by atoms with Gasteiger partial charge in [0.05, 0.1) is 12.6 Å². The van der Waals surface area contributed by atoms with Gasteiger partial charge in [-0.05, 0) is 32.9 Å². The first-order valence-corrected chi connectivity index (χ1v) is 8.06. The minimum Gasteiger partial charge on any atom is -0.384 e. The fourth-order valence-corrected chi connectivity index (χ4v) is 3.03. The number of aromatic nitrogens is 2. The normalized spacial score (nSPS) is 17.6. The van der Waals surface area contributed by atoms with Crippen molar-refractivity contribution in [1.82, 2.24) is 19.8 Å². The Hall–Kier alpha value is -2.11. The molecule has 0 radical (unpaired) electrons. The van der Waals surface area contributed by atoms with Gasteiger partial charge in [0.2, 0.25) is 0 Å². The molecule has 0 aliphatic carbocycles. The number of nitrogens with zero attached hydrogens (tertiary/aromatic N) is 3. The van der Waals surface area contributed by atoms with Crippen LogP contribution in [0.25, 0.3) is 0 Å². The zero-order valence-corrected chi connectivity index (χ0v) is 14.6. The van der Waals surface area contributed by atoms with Crippen LogP contribution in [0, 0.1) is 12.8 Å². The molecule has 0 aromatic carbocycles. The van der Waals surface area contributed by atoms with Crippen molar-refractivity contribution in [1.29, 1.82) is 0 Å². The molecule has 2 heterocycles. The molecule has 0 saturated heterocycles. The Morgan fingerprint density at radius 3 is 2.52 bits per heavy atom. The first-order chi connectivity index (χ1) is 10.8. The van der Waals surface area contributed by atoms with Gasteiger partial charge in [0.25, 0.3) is 11.5 Å². The van der Waals surface area contributed by atoms with Gasteiger partial charge in [0.1, 0.15) is 11.5 Å². The quantitative estimate of drug-likeness (QED) is 0.899. The van der Waals surface area contributed by atoms with Gasteiger partial charge >= 0.3 is 0 Å². The third kappa shape index (κ3) is 3.02. The van der Waals surface area contributed by atoms with Gasteiger partial charge in [0.15, 0.2) is 0 Å². The average molecular weight is 318 g/mol. The fourth-order valence-electron chi connectivity index (χ4n) is 3.03. The molecular formula is C17H26N4O2. The first-order valence-electron chi connectivity index (χ1n) is 8.06. The van der Waals surface area contributed by atoms with Crippen LogP contribution >= 0.6 is 0 Å². The smallest absolute Gasteiger partial charge is 0.276 e. The molecule has 6 nitrogen and oxygen atoms in total. The monoisotopic (exact) mass is 318 g/mol. The summed E-state index contributed by atoms with van der Waals surface area (Å²) in [6.07, 6.45) is 1.56. The van der Waals surface area contributed by atoms with Gasteiger partial charge in [-0.2, -0.15) is 4.98 Å². The van der Waals surface area contributed by atoms with Crippen molar-refractivity contribution in [2.75, 3.05) is 6.54 Å². The largest absolute Gasteiger partial charge is 0.384 e. The van der Waals surface area contributed by atoms with Gasteiger partial charge in [0, 0.05) is 18.2 Å². The van der Waals surface area contributed by atoms with E-state index < -0.39 is 0 Å². The van der Waals surface area contributed by atoms with E-state index in [2.05, 4.69) is 30.7 Å². The van der Waals surface area contributed by atoms with Crippen molar-refractivity contribution in [3.63, 3.8) is 0 Å². The van der Waals surface area contributed by atoms with Crippen LogP contribution in [0.5, 0.6) is 0 Å². The molecule has 1 aromatic heterocycles. The number of carbonyl (C=O) groups is 1.